The largest absolute Gasteiger partial charge is 0.349 e. The lowest BCUT2D eigenvalue weighted by atomic mass is 9.88. The van der Waals surface area contributed by atoms with E-state index in [4.69, 9.17) is 22.3 Å². The summed E-state index contributed by atoms with van der Waals surface area (Å²) in [6.07, 6.45) is 0. The van der Waals surface area contributed by atoms with Crippen molar-refractivity contribution in [2.24, 2.45) is 5.41 Å². The molecule has 0 spiro atoms. The van der Waals surface area contributed by atoms with Crippen LogP contribution in [-0.2, 0) is 9.05 Å². The van der Waals surface area contributed by atoms with Crippen LogP contribution < -0.4 is 5.32 Å². The molecule has 0 aromatic heterocycles. The lowest BCUT2D eigenvalue weighted by molar-refractivity contribution is 0.0909. The van der Waals surface area contributed by atoms with Gasteiger partial charge in [0.25, 0.3) is 15.0 Å². The number of carbonyl (C=O) groups excluding carboxylic acids is 1. The molecule has 0 aliphatic carbocycles. The molecule has 0 radical (unpaired) electrons. The maximum absolute atomic E-state index is 12.3. The molecule has 0 saturated carbocycles. The zero-order valence-electron chi connectivity index (χ0n) is 12.6. The molecule has 1 unspecified atom stereocenters. The van der Waals surface area contributed by atoms with Gasteiger partial charge in [-0.15, -0.1) is 0 Å². The maximum atomic E-state index is 12.3. The molecule has 1 atom stereocenters. The second-order valence-electron chi connectivity index (χ2n) is 6.08. The third kappa shape index (κ3) is 4.59. The van der Waals surface area contributed by atoms with E-state index in [1.165, 1.54) is 19.1 Å². The molecule has 0 saturated heterocycles. The summed E-state index contributed by atoms with van der Waals surface area (Å²) in [5, 5.41) is 2.99. The standard InChI is InChI=1S/C14H19Cl2NO3S/c1-8-11(13(18)17-9(2)14(3,4)5)6-10(15)7-12(8)21(16,19)20/h6-7,9H,1-5H3,(H,17,18). The predicted molar refractivity (Wildman–Crippen MR) is 85.6 cm³/mol. The van der Waals surface area contributed by atoms with Gasteiger partial charge in [-0.1, -0.05) is 32.4 Å². The van der Waals surface area contributed by atoms with Gasteiger partial charge in [-0.05, 0) is 37.0 Å². The normalized spacial score (nSPS) is 13.9. The number of hydrogen-bond donors (Lipinski definition) is 1. The highest BCUT2D eigenvalue weighted by molar-refractivity contribution is 8.13. The van der Waals surface area contributed by atoms with Gasteiger partial charge in [0, 0.05) is 27.3 Å². The van der Waals surface area contributed by atoms with Gasteiger partial charge in [-0.25, -0.2) is 8.42 Å². The van der Waals surface area contributed by atoms with Crippen molar-refractivity contribution in [1.82, 2.24) is 5.32 Å². The molecule has 1 amide bonds. The Kier molecular flexibility index (Phi) is 5.35. The summed E-state index contributed by atoms with van der Waals surface area (Å²) >= 11 is 5.90. The van der Waals surface area contributed by atoms with Crippen LogP contribution >= 0.6 is 22.3 Å². The number of amides is 1. The summed E-state index contributed by atoms with van der Waals surface area (Å²) in [4.78, 5) is 12.2. The number of rotatable bonds is 3. The number of hydrogen-bond acceptors (Lipinski definition) is 3. The van der Waals surface area contributed by atoms with Crippen molar-refractivity contribution >= 4 is 37.2 Å². The highest BCUT2D eigenvalue weighted by Gasteiger charge is 2.25. The molecule has 0 aliphatic heterocycles. The van der Waals surface area contributed by atoms with E-state index in [1.54, 1.807) is 0 Å². The Morgan fingerprint density at radius 1 is 1.29 bits per heavy atom. The summed E-state index contributed by atoms with van der Waals surface area (Å²) < 4.78 is 23.1. The van der Waals surface area contributed by atoms with E-state index in [0.29, 0.717) is 0 Å². The second kappa shape index (κ2) is 6.15. The van der Waals surface area contributed by atoms with Gasteiger partial charge in [0.05, 0.1) is 4.90 Å². The molecule has 118 valence electrons. The smallest absolute Gasteiger partial charge is 0.261 e. The minimum atomic E-state index is -3.96. The van der Waals surface area contributed by atoms with E-state index in [9.17, 15) is 13.2 Å². The fourth-order valence-electron chi connectivity index (χ4n) is 1.63. The molecule has 1 rings (SSSR count). The Morgan fingerprint density at radius 3 is 2.24 bits per heavy atom. The summed E-state index contributed by atoms with van der Waals surface area (Å²) in [5.74, 6) is -0.376. The molecule has 1 aromatic carbocycles. The van der Waals surface area contributed by atoms with Crippen molar-refractivity contribution < 1.29 is 13.2 Å². The number of nitrogens with one attached hydrogen (secondary N) is 1. The van der Waals surface area contributed by atoms with Crippen LogP contribution in [-0.4, -0.2) is 20.4 Å². The zero-order chi connectivity index (χ0) is 16.6. The van der Waals surface area contributed by atoms with Crippen molar-refractivity contribution in [3.8, 4) is 0 Å². The molecule has 7 heteroatoms. The van der Waals surface area contributed by atoms with E-state index < -0.39 is 9.05 Å². The highest BCUT2D eigenvalue weighted by Crippen LogP contribution is 2.27. The Hall–Kier alpha value is -0.780. The summed E-state index contributed by atoms with van der Waals surface area (Å²) in [5.41, 5.74) is 0.370. The Morgan fingerprint density at radius 2 is 1.81 bits per heavy atom. The number of carbonyl (C=O) groups is 1. The quantitative estimate of drug-likeness (QED) is 0.843. The van der Waals surface area contributed by atoms with Gasteiger partial charge in [0.1, 0.15) is 0 Å². The van der Waals surface area contributed by atoms with Crippen LogP contribution in [0.15, 0.2) is 17.0 Å². The number of benzene rings is 1. The van der Waals surface area contributed by atoms with Gasteiger partial charge in [-0.2, -0.15) is 0 Å². The van der Waals surface area contributed by atoms with Crippen LogP contribution in [0.4, 0.5) is 0 Å². The SMILES string of the molecule is Cc1c(C(=O)NC(C)C(C)(C)C)cc(Cl)cc1S(=O)(=O)Cl. The molecule has 0 heterocycles. The topological polar surface area (TPSA) is 63.2 Å². The molecule has 0 fully saturated rings. The molecule has 1 aromatic rings. The average molecular weight is 352 g/mol. The van der Waals surface area contributed by atoms with Crippen LogP contribution in [0.25, 0.3) is 0 Å². The Labute approximate surface area is 135 Å². The maximum Gasteiger partial charge on any atom is 0.261 e. The van der Waals surface area contributed by atoms with E-state index in [2.05, 4.69) is 5.32 Å². The van der Waals surface area contributed by atoms with Crippen LogP contribution in [0.3, 0.4) is 0 Å². The monoisotopic (exact) mass is 351 g/mol. The average Bonchev–Trinajstić information content (AvgIpc) is 2.28. The van der Waals surface area contributed by atoms with Crippen LogP contribution in [0.1, 0.15) is 43.6 Å². The van der Waals surface area contributed by atoms with E-state index in [0.717, 1.165) is 0 Å². The van der Waals surface area contributed by atoms with Gasteiger partial charge in [0.2, 0.25) is 0 Å². The van der Waals surface area contributed by atoms with Crippen molar-refractivity contribution in [3.05, 3.63) is 28.3 Å². The van der Waals surface area contributed by atoms with E-state index >= 15 is 0 Å². The Bertz CT molecular complexity index is 664. The first-order chi connectivity index (χ1) is 9.34. The third-order valence-corrected chi connectivity index (χ3v) is 5.15. The highest BCUT2D eigenvalue weighted by atomic mass is 35.7. The first-order valence-corrected chi connectivity index (χ1v) is 9.08. The van der Waals surface area contributed by atoms with E-state index in [-0.39, 0.29) is 38.4 Å². The van der Waals surface area contributed by atoms with Crippen molar-refractivity contribution in [2.45, 2.75) is 45.6 Å². The zero-order valence-corrected chi connectivity index (χ0v) is 14.9. The minimum Gasteiger partial charge on any atom is -0.349 e. The molecule has 1 N–H and O–H groups in total. The lowest BCUT2D eigenvalue weighted by Crippen LogP contribution is -2.41. The van der Waals surface area contributed by atoms with Gasteiger partial charge in [0.15, 0.2) is 0 Å². The molecular weight excluding hydrogens is 333 g/mol. The van der Waals surface area contributed by atoms with Crippen LogP contribution in [0, 0.1) is 12.3 Å². The molecular formula is C14H19Cl2NO3S. The molecule has 0 bridgehead atoms. The number of halogens is 2. The first-order valence-electron chi connectivity index (χ1n) is 6.39. The van der Waals surface area contributed by atoms with E-state index in [1.807, 2.05) is 27.7 Å². The van der Waals surface area contributed by atoms with Gasteiger partial charge >= 0.3 is 0 Å². The molecule has 21 heavy (non-hydrogen) atoms. The fourth-order valence-corrected chi connectivity index (χ4v) is 3.14. The van der Waals surface area contributed by atoms with Crippen molar-refractivity contribution in [3.63, 3.8) is 0 Å². The van der Waals surface area contributed by atoms with Crippen LogP contribution in [0.2, 0.25) is 5.02 Å². The van der Waals surface area contributed by atoms with Gasteiger partial charge in [-0.3, -0.25) is 4.79 Å². The van der Waals surface area contributed by atoms with Crippen LogP contribution in [0.5, 0.6) is 0 Å². The summed E-state index contributed by atoms with van der Waals surface area (Å²) in [6, 6.07) is 2.58. The minimum absolute atomic E-state index is 0.0977. The Balaban J connectivity index is 3.26. The van der Waals surface area contributed by atoms with Crippen molar-refractivity contribution in [2.75, 3.05) is 0 Å². The molecule has 4 nitrogen and oxygen atoms in total. The lowest BCUT2D eigenvalue weighted by Gasteiger charge is -2.28. The molecule has 0 aliphatic rings. The van der Waals surface area contributed by atoms with Gasteiger partial charge < -0.3 is 5.32 Å². The first kappa shape index (κ1) is 18.3. The summed E-state index contributed by atoms with van der Waals surface area (Å²) in [6.45, 7) is 9.41. The second-order valence-corrected chi connectivity index (χ2v) is 9.05. The fraction of sp³-hybridized carbons (Fsp3) is 0.500. The third-order valence-electron chi connectivity index (χ3n) is 3.48. The summed E-state index contributed by atoms with van der Waals surface area (Å²) in [7, 11) is 1.41. The predicted octanol–water partition coefficient (Wildman–Crippen LogP) is 3.74. The van der Waals surface area contributed by atoms with Crippen molar-refractivity contribution in [1.29, 1.82) is 0 Å².